The average Bonchev–Trinajstić information content (AvgIpc) is 2.97. The van der Waals surface area contributed by atoms with Crippen molar-refractivity contribution in [2.75, 3.05) is 6.61 Å². The summed E-state index contributed by atoms with van der Waals surface area (Å²) in [5.74, 6) is 5.26. The summed E-state index contributed by atoms with van der Waals surface area (Å²) in [5.41, 5.74) is 7.46. The lowest BCUT2D eigenvalue weighted by molar-refractivity contribution is -0.250. The van der Waals surface area contributed by atoms with Gasteiger partial charge in [-0.1, -0.05) is 36.3 Å². The van der Waals surface area contributed by atoms with Gasteiger partial charge in [-0.15, -0.1) is 5.92 Å². The van der Waals surface area contributed by atoms with Gasteiger partial charge in [-0.2, -0.15) is 13.2 Å². The van der Waals surface area contributed by atoms with E-state index in [4.69, 9.17) is 19.9 Å². The van der Waals surface area contributed by atoms with Crippen molar-refractivity contribution in [3.8, 4) is 17.6 Å². The van der Waals surface area contributed by atoms with E-state index in [1.165, 1.54) is 0 Å². The molecule has 8 heteroatoms. The van der Waals surface area contributed by atoms with Crippen LogP contribution in [0.3, 0.4) is 0 Å². The molecule has 3 aliphatic heterocycles. The van der Waals surface area contributed by atoms with E-state index in [1.807, 2.05) is 48.6 Å². The highest BCUT2D eigenvalue weighted by Crippen LogP contribution is 2.87. The van der Waals surface area contributed by atoms with E-state index in [9.17, 15) is 13.2 Å². The number of benzene rings is 1. The van der Waals surface area contributed by atoms with Crippen LogP contribution in [0, 0.1) is 17.3 Å². The van der Waals surface area contributed by atoms with Crippen LogP contribution < -0.4 is 10.5 Å². The van der Waals surface area contributed by atoms with Crippen LogP contribution in [0.15, 0.2) is 65.2 Å². The first-order valence-electron chi connectivity index (χ1n) is 11.0. The van der Waals surface area contributed by atoms with E-state index in [0.717, 1.165) is 16.7 Å². The van der Waals surface area contributed by atoms with Crippen LogP contribution in [0.1, 0.15) is 30.9 Å². The highest BCUT2D eigenvalue weighted by Gasteiger charge is 3.04. The van der Waals surface area contributed by atoms with Gasteiger partial charge < -0.3 is 19.9 Å². The minimum Gasteiger partial charge on any atom is -0.489 e. The van der Waals surface area contributed by atoms with Crippen molar-refractivity contribution >= 4 is 11.6 Å². The van der Waals surface area contributed by atoms with E-state index in [1.54, 1.807) is 13.0 Å². The molecule has 0 bridgehead atoms. The van der Waals surface area contributed by atoms with E-state index in [2.05, 4.69) is 16.8 Å². The highest BCUT2D eigenvalue weighted by molar-refractivity contribution is 5.83. The van der Waals surface area contributed by atoms with Crippen LogP contribution in [-0.4, -0.2) is 30.7 Å². The molecule has 3 spiro atoms. The topological polar surface area (TPSA) is 66.1 Å². The summed E-state index contributed by atoms with van der Waals surface area (Å²) >= 11 is 0. The number of hydrogen-bond donors (Lipinski definition) is 1. The van der Waals surface area contributed by atoms with Gasteiger partial charge in [0.25, 0.3) is 11.8 Å². The number of aliphatic imine (C=N–C) groups is 1. The van der Waals surface area contributed by atoms with Gasteiger partial charge in [0.05, 0.1) is 6.61 Å². The molecule has 2 N–H and O–H groups in total. The van der Waals surface area contributed by atoms with Crippen molar-refractivity contribution in [3.63, 3.8) is 0 Å². The molecule has 2 aliphatic carbocycles. The van der Waals surface area contributed by atoms with Gasteiger partial charge in [-0.25, -0.2) is 4.99 Å². The molecule has 174 valence electrons. The second-order valence-electron chi connectivity index (χ2n) is 8.95. The number of allylic oxidation sites excluding steroid dienone is 8. The quantitative estimate of drug-likeness (QED) is 0.666. The minimum absolute atomic E-state index is 0.0261. The SMILES string of the molecule is CC#CC1=C/C(c2ccc3c(c2)C24N=C(N)OC25OCC54C(CCC(F)(F)F)O3)=C\C=C\C=C1. The molecule has 0 amide bonds. The Labute approximate surface area is 194 Å². The molecule has 4 atom stereocenters. The molecule has 2 fully saturated rings. The summed E-state index contributed by atoms with van der Waals surface area (Å²) in [4.78, 5) is 4.63. The zero-order chi connectivity index (χ0) is 23.8. The third kappa shape index (κ3) is 2.53. The Kier molecular flexibility index (Phi) is 4.22. The number of amidine groups is 1. The Bertz CT molecular complexity index is 1310. The molecule has 6 rings (SSSR count). The Balaban J connectivity index is 1.45. The van der Waals surface area contributed by atoms with Crippen molar-refractivity contribution in [1.29, 1.82) is 0 Å². The number of ether oxygens (including phenoxy) is 3. The van der Waals surface area contributed by atoms with Crippen LogP contribution >= 0.6 is 0 Å². The van der Waals surface area contributed by atoms with Crippen molar-refractivity contribution in [1.82, 2.24) is 0 Å². The Morgan fingerprint density at radius 1 is 1.24 bits per heavy atom. The molecule has 5 nitrogen and oxygen atoms in total. The Morgan fingerprint density at radius 3 is 2.82 bits per heavy atom. The van der Waals surface area contributed by atoms with Gasteiger partial charge in [0, 0.05) is 17.6 Å². The van der Waals surface area contributed by atoms with E-state index < -0.39 is 35.4 Å². The largest absolute Gasteiger partial charge is 0.489 e. The minimum atomic E-state index is -4.29. The molecule has 0 aromatic heterocycles. The first-order valence-corrected chi connectivity index (χ1v) is 11.0. The lowest BCUT2D eigenvalue weighted by atomic mass is 9.82. The molecule has 1 saturated heterocycles. The molecule has 5 aliphatic rings. The molecule has 4 unspecified atom stereocenters. The summed E-state index contributed by atoms with van der Waals surface area (Å²) in [5, 5.41) is 0. The third-order valence-corrected chi connectivity index (χ3v) is 7.24. The maximum atomic E-state index is 13.0. The van der Waals surface area contributed by atoms with Gasteiger partial charge >= 0.3 is 6.18 Å². The number of fused-ring (bicyclic) bond motifs is 1. The molecular formula is C26H21F3N2O3. The fourth-order valence-electron chi connectivity index (χ4n) is 5.85. The van der Waals surface area contributed by atoms with Crippen molar-refractivity contribution in [3.05, 3.63) is 71.4 Å². The molecule has 1 saturated carbocycles. The van der Waals surface area contributed by atoms with Crippen LogP contribution in [0.25, 0.3) is 5.57 Å². The van der Waals surface area contributed by atoms with Gasteiger partial charge in [0.2, 0.25) is 0 Å². The molecule has 3 heterocycles. The van der Waals surface area contributed by atoms with Gasteiger partial charge in [0.15, 0.2) is 5.54 Å². The molecule has 1 aromatic carbocycles. The van der Waals surface area contributed by atoms with Crippen LogP contribution in [0.4, 0.5) is 13.2 Å². The number of nitrogens with zero attached hydrogens (tertiary/aromatic N) is 1. The van der Waals surface area contributed by atoms with Crippen molar-refractivity contribution < 1.29 is 27.4 Å². The van der Waals surface area contributed by atoms with Gasteiger partial charge in [0.1, 0.15) is 17.3 Å². The maximum absolute atomic E-state index is 13.0. The van der Waals surface area contributed by atoms with Crippen molar-refractivity contribution in [2.24, 2.45) is 16.1 Å². The summed E-state index contributed by atoms with van der Waals surface area (Å²) in [6, 6.07) is 5.58. The Morgan fingerprint density at radius 2 is 2.09 bits per heavy atom. The fraction of sp³-hybridized carbons (Fsp3) is 0.346. The first-order chi connectivity index (χ1) is 16.3. The first kappa shape index (κ1) is 21.1. The fourth-order valence-corrected chi connectivity index (χ4v) is 5.85. The standard InChI is InChI=1S/C26H21F3N2O3/c1-2-6-16-7-4-3-5-8-17(13-16)18-9-10-20-19(14-18)25-23(21(33-20)11-12-24(27,28)29)15-32-26(23,25)34-22(30)31-25/h3-5,7-10,13-14,21H,11-12,15H2,1H3,(H2,30,31)/b4-3?,5-3+,7-4?,8-5?,16-7?,16-13?,17-8+,17-13?. The average molecular weight is 466 g/mol. The number of halogens is 3. The summed E-state index contributed by atoms with van der Waals surface area (Å²) in [6.45, 7) is 1.98. The van der Waals surface area contributed by atoms with Crippen LogP contribution in [-0.2, 0) is 15.0 Å². The molecule has 1 aromatic rings. The zero-order valence-electron chi connectivity index (χ0n) is 18.3. The number of nitrogens with two attached hydrogens (primary N) is 1. The van der Waals surface area contributed by atoms with Gasteiger partial charge in [-0.3, -0.25) is 0 Å². The van der Waals surface area contributed by atoms with Crippen LogP contribution in [0.2, 0.25) is 0 Å². The normalized spacial score (nSPS) is 36.5. The zero-order valence-corrected chi connectivity index (χ0v) is 18.3. The highest BCUT2D eigenvalue weighted by atomic mass is 19.4. The van der Waals surface area contributed by atoms with E-state index in [0.29, 0.717) is 11.3 Å². The Hall–Kier alpha value is -3.44. The molecular weight excluding hydrogens is 445 g/mol. The summed E-state index contributed by atoms with van der Waals surface area (Å²) in [7, 11) is 0. The second kappa shape index (κ2) is 6.80. The number of rotatable bonds is 3. The predicted octanol–water partition coefficient (Wildman–Crippen LogP) is 4.52. The van der Waals surface area contributed by atoms with Crippen LogP contribution in [0.5, 0.6) is 5.75 Å². The second-order valence-corrected chi connectivity index (χ2v) is 8.95. The summed E-state index contributed by atoms with van der Waals surface area (Å²) in [6.07, 6.45) is 5.45. The predicted molar refractivity (Wildman–Crippen MR) is 119 cm³/mol. The lowest BCUT2D eigenvalue weighted by Crippen LogP contribution is -2.53. The monoisotopic (exact) mass is 466 g/mol. The summed E-state index contributed by atoms with van der Waals surface area (Å²) < 4.78 is 57.0. The number of alkyl halides is 3. The van der Waals surface area contributed by atoms with E-state index >= 15 is 0 Å². The molecule has 34 heavy (non-hydrogen) atoms. The van der Waals surface area contributed by atoms with E-state index in [-0.39, 0.29) is 19.0 Å². The number of hydrogen-bond acceptors (Lipinski definition) is 5. The van der Waals surface area contributed by atoms with Gasteiger partial charge in [-0.05, 0) is 48.8 Å². The molecule has 0 radical (unpaired) electrons. The maximum Gasteiger partial charge on any atom is 0.389 e. The smallest absolute Gasteiger partial charge is 0.389 e. The lowest BCUT2D eigenvalue weighted by Gasteiger charge is -2.40. The third-order valence-electron chi connectivity index (χ3n) is 7.24. The van der Waals surface area contributed by atoms with Crippen molar-refractivity contribution in [2.45, 2.75) is 43.4 Å².